The molecule has 0 aromatic carbocycles. The summed E-state index contributed by atoms with van der Waals surface area (Å²) in [6.07, 6.45) is 6.55. The first kappa shape index (κ1) is 9.08. The molecular formula is C9H6BrN3O. The highest BCUT2D eigenvalue weighted by Gasteiger charge is 1.98. The molecule has 0 N–H and O–H groups in total. The minimum Gasteiger partial charge on any atom is -0.424 e. The average molecular weight is 252 g/mol. The zero-order valence-corrected chi connectivity index (χ0v) is 8.68. The van der Waals surface area contributed by atoms with Crippen molar-refractivity contribution in [2.24, 2.45) is 0 Å². The monoisotopic (exact) mass is 251 g/mol. The van der Waals surface area contributed by atoms with E-state index in [1.807, 2.05) is 0 Å². The molecule has 0 aliphatic heterocycles. The third-order valence-corrected chi connectivity index (χ3v) is 1.87. The Morgan fingerprint density at radius 3 is 2.36 bits per heavy atom. The molecule has 0 aliphatic rings. The van der Waals surface area contributed by atoms with Gasteiger partial charge in [-0.3, -0.25) is 4.98 Å². The van der Waals surface area contributed by atoms with Crippen molar-refractivity contribution in [1.82, 2.24) is 15.0 Å². The molecule has 0 bridgehead atoms. The Bertz CT molecular complexity index is 404. The van der Waals surface area contributed by atoms with E-state index < -0.39 is 0 Å². The Morgan fingerprint density at radius 2 is 1.71 bits per heavy atom. The Balaban J connectivity index is 2.16. The molecule has 2 rings (SSSR count). The molecule has 0 saturated carbocycles. The molecule has 0 radical (unpaired) electrons. The van der Waals surface area contributed by atoms with E-state index in [9.17, 15) is 0 Å². The summed E-state index contributed by atoms with van der Waals surface area (Å²) in [6, 6.07) is 3.80. The van der Waals surface area contributed by atoms with E-state index in [0.29, 0.717) is 11.8 Å². The first-order chi connectivity index (χ1) is 6.84. The van der Waals surface area contributed by atoms with E-state index in [2.05, 4.69) is 30.9 Å². The van der Waals surface area contributed by atoms with Gasteiger partial charge >= 0.3 is 6.01 Å². The largest absolute Gasteiger partial charge is 0.424 e. The molecule has 0 atom stereocenters. The van der Waals surface area contributed by atoms with Crippen LogP contribution in [0.4, 0.5) is 0 Å². The molecule has 0 saturated heterocycles. The minimum atomic E-state index is 0.319. The van der Waals surface area contributed by atoms with Gasteiger partial charge in [-0.2, -0.15) is 0 Å². The maximum Gasteiger partial charge on any atom is 0.321 e. The number of nitrogens with zero attached hydrogens (tertiary/aromatic N) is 3. The van der Waals surface area contributed by atoms with E-state index in [-0.39, 0.29) is 0 Å². The normalized spacial score (nSPS) is 9.79. The van der Waals surface area contributed by atoms with Gasteiger partial charge in [-0.25, -0.2) is 9.97 Å². The van der Waals surface area contributed by atoms with Crippen LogP contribution >= 0.6 is 15.9 Å². The predicted octanol–water partition coefficient (Wildman–Crippen LogP) is 2.43. The van der Waals surface area contributed by atoms with E-state index >= 15 is 0 Å². The lowest BCUT2D eigenvalue weighted by Crippen LogP contribution is -1.90. The number of hydrogen-bond acceptors (Lipinski definition) is 4. The summed E-state index contributed by atoms with van der Waals surface area (Å²) in [5.74, 6) is 0.669. The molecule has 5 heteroatoms. The van der Waals surface area contributed by atoms with Gasteiger partial charge in [0, 0.05) is 24.8 Å². The molecule has 2 aromatic heterocycles. The maximum absolute atomic E-state index is 5.35. The molecular weight excluding hydrogens is 246 g/mol. The van der Waals surface area contributed by atoms with Crippen LogP contribution in [0.1, 0.15) is 0 Å². The lowest BCUT2D eigenvalue weighted by molar-refractivity contribution is 0.441. The van der Waals surface area contributed by atoms with Gasteiger partial charge in [0.1, 0.15) is 5.75 Å². The van der Waals surface area contributed by atoms with Crippen LogP contribution in [-0.2, 0) is 0 Å². The summed E-state index contributed by atoms with van der Waals surface area (Å²) in [4.78, 5) is 11.8. The van der Waals surface area contributed by atoms with Gasteiger partial charge in [-0.15, -0.1) is 0 Å². The summed E-state index contributed by atoms with van der Waals surface area (Å²) in [5, 5.41) is 0. The van der Waals surface area contributed by atoms with Crippen LogP contribution in [0.2, 0.25) is 0 Å². The Labute approximate surface area is 89.1 Å². The van der Waals surface area contributed by atoms with Gasteiger partial charge in [-0.1, -0.05) is 0 Å². The molecule has 14 heavy (non-hydrogen) atoms. The van der Waals surface area contributed by atoms with Crippen molar-refractivity contribution in [3.05, 3.63) is 41.4 Å². The molecule has 0 aliphatic carbocycles. The number of hydrogen-bond donors (Lipinski definition) is 0. The van der Waals surface area contributed by atoms with E-state index in [1.165, 1.54) is 0 Å². The molecule has 0 fully saturated rings. The van der Waals surface area contributed by atoms with Crippen molar-refractivity contribution in [3.63, 3.8) is 0 Å². The van der Waals surface area contributed by atoms with Crippen molar-refractivity contribution in [2.45, 2.75) is 0 Å². The molecule has 0 unspecified atom stereocenters. The Hall–Kier alpha value is -1.49. The lowest BCUT2D eigenvalue weighted by atomic mass is 10.5. The molecule has 0 amide bonds. The van der Waals surface area contributed by atoms with Crippen LogP contribution in [0.15, 0.2) is 41.4 Å². The summed E-state index contributed by atoms with van der Waals surface area (Å²) >= 11 is 3.24. The van der Waals surface area contributed by atoms with E-state index in [4.69, 9.17) is 4.74 Å². The van der Waals surface area contributed by atoms with Crippen molar-refractivity contribution in [2.75, 3.05) is 0 Å². The minimum absolute atomic E-state index is 0.319. The summed E-state index contributed by atoms with van der Waals surface area (Å²) in [6.45, 7) is 0. The van der Waals surface area contributed by atoms with E-state index in [0.717, 1.165) is 4.47 Å². The molecule has 4 nitrogen and oxygen atoms in total. The zero-order chi connectivity index (χ0) is 9.80. The van der Waals surface area contributed by atoms with Gasteiger partial charge in [0.05, 0.1) is 4.47 Å². The van der Waals surface area contributed by atoms with Crippen LogP contribution in [0.25, 0.3) is 0 Å². The topological polar surface area (TPSA) is 47.9 Å². The molecule has 2 heterocycles. The summed E-state index contributed by atoms with van der Waals surface area (Å²) in [5.41, 5.74) is 0. The second kappa shape index (κ2) is 4.15. The Morgan fingerprint density at radius 1 is 1.07 bits per heavy atom. The van der Waals surface area contributed by atoms with Crippen LogP contribution in [-0.4, -0.2) is 15.0 Å². The standard InChI is InChI=1S/C9H6BrN3O/c10-7-5-12-9(13-6-7)14-8-1-3-11-4-2-8/h1-6H. The fourth-order valence-corrected chi connectivity index (χ4v) is 1.07. The third-order valence-electron chi connectivity index (χ3n) is 1.46. The number of aromatic nitrogens is 3. The van der Waals surface area contributed by atoms with Gasteiger partial charge in [0.25, 0.3) is 0 Å². The highest BCUT2D eigenvalue weighted by molar-refractivity contribution is 9.10. The van der Waals surface area contributed by atoms with Gasteiger partial charge < -0.3 is 4.74 Å². The van der Waals surface area contributed by atoms with Crippen LogP contribution in [0.3, 0.4) is 0 Å². The Kier molecular flexibility index (Phi) is 2.69. The molecule has 0 spiro atoms. The first-order valence-corrected chi connectivity index (χ1v) is 4.69. The van der Waals surface area contributed by atoms with Gasteiger partial charge in [0.2, 0.25) is 0 Å². The predicted molar refractivity (Wildman–Crippen MR) is 54.0 cm³/mol. The number of rotatable bonds is 2. The lowest BCUT2D eigenvalue weighted by Gasteiger charge is -2.01. The fraction of sp³-hybridized carbons (Fsp3) is 0. The van der Waals surface area contributed by atoms with Crippen LogP contribution < -0.4 is 4.74 Å². The molecule has 2 aromatic rings. The SMILES string of the molecule is Brc1cnc(Oc2ccncc2)nc1. The van der Waals surface area contributed by atoms with Crippen molar-refractivity contribution < 1.29 is 4.74 Å². The third kappa shape index (κ3) is 2.26. The van der Waals surface area contributed by atoms with Gasteiger partial charge in [0.15, 0.2) is 0 Å². The van der Waals surface area contributed by atoms with Gasteiger partial charge in [-0.05, 0) is 28.1 Å². The second-order valence-corrected chi connectivity index (χ2v) is 3.38. The average Bonchev–Trinajstić information content (AvgIpc) is 2.23. The fourth-order valence-electron chi connectivity index (χ4n) is 0.865. The number of halogens is 1. The highest BCUT2D eigenvalue weighted by Crippen LogP contribution is 2.16. The van der Waals surface area contributed by atoms with Crippen molar-refractivity contribution in [3.8, 4) is 11.8 Å². The maximum atomic E-state index is 5.35. The van der Waals surface area contributed by atoms with Crippen molar-refractivity contribution in [1.29, 1.82) is 0 Å². The second-order valence-electron chi connectivity index (χ2n) is 2.47. The summed E-state index contributed by atoms with van der Waals surface area (Å²) < 4.78 is 6.17. The number of ether oxygens (including phenoxy) is 1. The van der Waals surface area contributed by atoms with Crippen molar-refractivity contribution >= 4 is 15.9 Å². The van der Waals surface area contributed by atoms with Crippen LogP contribution in [0.5, 0.6) is 11.8 Å². The molecule has 70 valence electrons. The number of pyridine rings is 1. The summed E-state index contributed by atoms with van der Waals surface area (Å²) in [7, 11) is 0. The quantitative estimate of drug-likeness (QED) is 0.823. The first-order valence-electron chi connectivity index (χ1n) is 3.90. The highest BCUT2D eigenvalue weighted by atomic mass is 79.9. The van der Waals surface area contributed by atoms with E-state index in [1.54, 1.807) is 36.9 Å². The zero-order valence-electron chi connectivity index (χ0n) is 7.09. The smallest absolute Gasteiger partial charge is 0.321 e. The van der Waals surface area contributed by atoms with Crippen LogP contribution in [0, 0.1) is 0 Å².